The van der Waals surface area contributed by atoms with Crippen LogP contribution in [0.5, 0.6) is 0 Å². The highest BCUT2D eigenvalue weighted by atomic mass is 79.9. The average molecular weight is 368 g/mol. The molecule has 2 aromatic rings. The van der Waals surface area contributed by atoms with E-state index >= 15 is 0 Å². The van der Waals surface area contributed by atoms with Crippen LogP contribution >= 0.6 is 31.9 Å². The second-order valence-electron chi connectivity index (χ2n) is 5.88. The van der Waals surface area contributed by atoms with E-state index in [2.05, 4.69) is 82.1 Å². The summed E-state index contributed by atoms with van der Waals surface area (Å²) < 4.78 is 1.18. The lowest BCUT2D eigenvalue weighted by Crippen LogP contribution is -1.99. The molecule has 1 fully saturated rings. The van der Waals surface area contributed by atoms with E-state index in [1.54, 1.807) is 0 Å². The predicted octanol–water partition coefficient (Wildman–Crippen LogP) is 6.08. The van der Waals surface area contributed by atoms with Crippen LogP contribution in [0.15, 0.2) is 40.9 Å². The Kier molecular flexibility index (Phi) is 3.06. The summed E-state index contributed by atoms with van der Waals surface area (Å²) in [5.74, 6) is 0.752. The lowest BCUT2D eigenvalue weighted by Gasteiger charge is -2.15. The smallest absolute Gasteiger partial charge is 0.0434 e. The van der Waals surface area contributed by atoms with E-state index in [1.165, 1.54) is 27.2 Å². The van der Waals surface area contributed by atoms with Gasteiger partial charge in [0.25, 0.3) is 0 Å². The van der Waals surface area contributed by atoms with E-state index in [0.29, 0.717) is 10.2 Å². The second-order valence-corrected chi connectivity index (χ2v) is 7.72. The van der Waals surface area contributed by atoms with Gasteiger partial charge in [0.2, 0.25) is 0 Å². The van der Waals surface area contributed by atoms with Crippen LogP contribution in [-0.4, -0.2) is 0 Å². The molecule has 0 amide bonds. The molecule has 0 bridgehead atoms. The Morgan fingerprint density at radius 1 is 1.11 bits per heavy atom. The van der Waals surface area contributed by atoms with Crippen LogP contribution in [0, 0.1) is 11.3 Å². The molecule has 3 rings (SSSR count). The number of benzene rings is 2. The first-order valence-corrected chi connectivity index (χ1v) is 8.03. The van der Waals surface area contributed by atoms with Crippen LogP contribution < -0.4 is 0 Å². The summed E-state index contributed by atoms with van der Waals surface area (Å²) in [6, 6.07) is 13.0. The number of rotatable bonds is 2. The third-order valence-corrected chi connectivity index (χ3v) is 5.97. The third kappa shape index (κ3) is 2.04. The number of hydrogen-bond acceptors (Lipinski definition) is 0. The maximum Gasteiger partial charge on any atom is 0.0434 e. The summed E-state index contributed by atoms with van der Waals surface area (Å²) in [6.07, 6.45) is 1.31. The zero-order valence-corrected chi connectivity index (χ0v) is 13.8. The monoisotopic (exact) mass is 366 g/mol. The Labute approximate surface area is 125 Å². The van der Waals surface area contributed by atoms with Crippen molar-refractivity contribution < 1.29 is 0 Å². The van der Waals surface area contributed by atoms with Gasteiger partial charge < -0.3 is 0 Å². The molecular weight excluding hydrogens is 352 g/mol. The molecule has 0 radical (unpaired) electrons. The van der Waals surface area contributed by atoms with Crippen molar-refractivity contribution in [2.75, 3.05) is 0 Å². The quantitative estimate of drug-likeness (QED) is 0.564. The topological polar surface area (TPSA) is 0 Å². The molecule has 2 aromatic carbocycles. The molecule has 0 heterocycles. The maximum absolute atomic E-state index is 3.92. The fourth-order valence-electron chi connectivity index (χ4n) is 2.75. The molecule has 0 spiro atoms. The summed E-state index contributed by atoms with van der Waals surface area (Å²) in [5, 5.41) is 2.66. The second kappa shape index (κ2) is 4.35. The van der Waals surface area contributed by atoms with E-state index in [1.807, 2.05) is 0 Å². The molecule has 0 nitrogen and oxygen atoms in total. The Morgan fingerprint density at radius 2 is 1.72 bits per heavy atom. The number of alkyl halides is 1. The fraction of sp³-hybridized carbons (Fsp3) is 0.375. The average Bonchev–Trinajstić information content (AvgIpc) is 2.99. The van der Waals surface area contributed by atoms with Gasteiger partial charge in [0.05, 0.1) is 0 Å². The van der Waals surface area contributed by atoms with Crippen molar-refractivity contribution in [3.05, 3.63) is 46.4 Å². The van der Waals surface area contributed by atoms with Gasteiger partial charge in [-0.15, -0.1) is 0 Å². The van der Waals surface area contributed by atoms with E-state index in [0.717, 1.165) is 5.92 Å². The molecule has 0 N–H and O–H groups in total. The first kappa shape index (κ1) is 12.7. The van der Waals surface area contributed by atoms with E-state index in [9.17, 15) is 0 Å². The summed E-state index contributed by atoms with van der Waals surface area (Å²) >= 11 is 7.56. The molecule has 2 atom stereocenters. The van der Waals surface area contributed by atoms with Gasteiger partial charge in [0.15, 0.2) is 0 Å². The number of halogens is 2. The van der Waals surface area contributed by atoms with Crippen molar-refractivity contribution in [3.63, 3.8) is 0 Å². The van der Waals surface area contributed by atoms with Gasteiger partial charge in [-0.05, 0) is 40.2 Å². The van der Waals surface area contributed by atoms with Gasteiger partial charge in [-0.3, -0.25) is 0 Å². The zero-order valence-electron chi connectivity index (χ0n) is 10.6. The Balaban J connectivity index is 2.10. The number of hydrogen-bond donors (Lipinski definition) is 0. The molecule has 94 valence electrons. The number of fused-ring (bicyclic) bond motifs is 1. The molecule has 1 saturated carbocycles. The normalized spacial score (nSPS) is 23.0. The first-order valence-electron chi connectivity index (χ1n) is 6.32. The van der Waals surface area contributed by atoms with Crippen LogP contribution in [0.4, 0.5) is 0 Å². The first-order chi connectivity index (χ1) is 8.50. The van der Waals surface area contributed by atoms with Gasteiger partial charge in [0, 0.05) is 9.30 Å². The van der Waals surface area contributed by atoms with Crippen molar-refractivity contribution >= 4 is 42.6 Å². The van der Waals surface area contributed by atoms with Crippen LogP contribution in [-0.2, 0) is 0 Å². The molecule has 0 aromatic heterocycles. The van der Waals surface area contributed by atoms with Crippen LogP contribution in [0.1, 0.15) is 30.7 Å². The van der Waals surface area contributed by atoms with Crippen molar-refractivity contribution in [2.45, 2.75) is 25.1 Å². The standard InChI is InChI=1S/C16H16Br2/c1-16(2)9-13(16)15(18)12-7-8-14(17)11-6-4-3-5-10(11)12/h3-8,13,15H,9H2,1-2H3. The highest BCUT2D eigenvalue weighted by Gasteiger charge is 2.49. The van der Waals surface area contributed by atoms with E-state index in [4.69, 9.17) is 0 Å². The molecule has 2 heteroatoms. The van der Waals surface area contributed by atoms with Crippen LogP contribution in [0.3, 0.4) is 0 Å². The van der Waals surface area contributed by atoms with Gasteiger partial charge in [-0.25, -0.2) is 0 Å². The van der Waals surface area contributed by atoms with Gasteiger partial charge in [-0.2, -0.15) is 0 Å². The van der Waals surface area contributed by atoms with Gasteiger partial charge >= 0.3 is 0 Å². The molecular formula is C16H16Br2. The molecule has 18 heavy (non-hydrogen) atoms. The molecule has 1 aliphatic carbocycles. The lowest BCUT2D eigenvalue weighted by atomic mass is 9.97. The van der Waals surface area contributed by atoms with Crippen molar-refractivity contribution in [1.82, 2.24) is 0 Å². The van der Waals surface area contributed by atoms with Crippen molar-refractivity contribution in [1.29, 1.82) is 0 Å². The zero-order chi connectivity index (χ0) is 12.9. The summed E-state index contributed by atoms with van der Waals surface area (Å²) in [7, 11) is 0. The highest BCUT2D eigenvalue weighted by Crippen LogP contribution is 2.61. The third-order valence-electron chi connectivity index (χ3n) is 4.14. The van der Waals surface area contributed by atoms with Gasteiger partial charge in [-0.1, -0.05) is 76.0 Å². The maximum atomic E-state index is 3.92. The van der Waals surface area contributed by atoms with Crippen molar-refractivity contribution in [2.24, 2.45) is 11.3 Å². The minimum Gasteiger partial charge on any atom is -0.0835 e. The summed E-state index contributed by atoms with van der Waals surface area (Å²) in [5.41, 5.74) is 1.91. The lowest BCUT2D eigenvalue weighted by molar-refractivity contribution is 0.556. The molecule has 1 aliphatic rings. The predicted molar refractivity (Wildman–Crippen MR) is 85.2 cm³/mol. The van der Waals surface area contributed by atoms with E-state index in [-0.39, 0.29) is 0 Å². The minimum atomic E-state index is 0.463. The van der Waals surface area contributed by atoms with Crippen LogP contribution in [0.25, 0.3) is 10.8 Å². The molecule has 0 saturated heterocycles. The Morgan fingerprint density at radius 3 is 2.33 bits per heavy atom. The summed E-state index contributed by atoms with van der Waals surface area (Å²) in [6.45, 7) is 4.71. The SMILES string of the molecule is CC1(C)CC1C(Br)c1ccc(Br)c2ccccc12. The largest absolute Gasteiger partial charge is 0.0835 e. The van der Waals surface area contributed by atoms with Crippen molar-refractivity contribution in [3.8, 4) is 0 Å². The minimum absolute atomic E-state index is 0.463. The van der Waals surface area contributed by atoms with E-state index < -0.39 is 0 Å². The Hall–Kier alpha value is -0.340. The molecule has 0 aliphatic heterocycles. The highest BCUT2D eigenvalue weighted by molar-refractivity contribution is 9.10. The fourth-order valence-corrected chi connectivity index (χ4v) is 4.53. The van der Waals surface area contributed by atoms with Crippen LogP contribution in [0.2, 0.25) is 0 Å². The molecule has 2 unspecified atom stereocenters. The Bertz CT molecular complexity index is 601. The van der Waals surface area contributed by atoms with Gasteiger partial charge in [0.1, 0.15) is 0 Å². The summed E-state index contributed by atoms with van der Waals surface area (Å²) in [4.78, 5) is 0.463.